The van der Waals surface area contributed by atoms with Crippen molar-refractivity contribution in [3.8, 4) is 0 Å². The SMILES string of the molecule is Cc1cc([C@@H](O)[C@H]2C[C@@H](N(C)c3cc(N)ncc3C)[C@H](O)[C@@H]2O)ccc1F. The number of likely N-dealkylation sites (N-methyl/N-ethyl adjacent to an activating group) is 1. The number of aliphatic hydroxyl groups excluding tert-OH is 3. The summed E-state index contributed by atoms with van der Waals surface area (Å²) >= 11 is 0. The van der Waals surface area contributed by atoms with Gasteiger partial charge in [0.2, 0.25) is 0 Å². The van der Waals surface area contributed by atoms with E-state index in [0.717, 1.165) is 11.3 Å². The van der Waals surface area contributed by atoms with Gasteiger partial charge < -0.3 is 26.0 Å². The molecule has 5 atom stereocenters. The molecule has 0 bridgehead atoms. The molecule has 0 aliphatic heterocycles. The van der Waals surface area contributed by atoms with E-state index >= 15 is 0 Å². The fraction of sp³-hybridized carbons (Fsp3) is 0.450. The third-order valence-electron chi connectivity index (χ3n) is 5.60. The first-order valence-corrected chi connectivity index (χ1v) is 8.96. The predicted molar refractivity (Wildman–Crippen MR) is 102 cm³/mol. The molecule has 0 saturated heterocycles. The monoisotopic (exact) mass is 375 g/mol. The predicted octanol–water partition coefficient (Wildman–Crippen LogP) is 1.70. The van der Waals surface area contributed by atoms with Gasteiger partial charge in [0, 0.05) is 30.9 Å². The Hall–Kier alpha value is -2.22. The first-order valence-electron chi connectivity index (χ1n) is 8.96. The van der Waals surface area contributed by atoms with E-state index in [2.05, 4.69) is 4.98 Å². The summed E-state index contributed by atoms with van der Waals surface area (Å²) in [4.78, 5) is 5.91. The summed E-state index contributed by atoms with van der Waals surface area (Å²) in [6.45, 7) is 3.52. The molecule has 1 fully saturated rings. The molecule has 0 unspecified atom stereocenters. The van der Waals surface area contributed by atoms with E-state index in [9.17, 15) is 19.7 Å². The minimum Gasteiger partial charge on any atom is -0.390 e. The average molecular weight is 375 g/mol. The molecular formula is C20H26FN3O3. The lowest BCUT2D eigenvalue weighted by molar-refractivity contribution is -0.0231. The summed E-state index contributed by atoms with van der Waals surface area (Å²) in [7, 11) is 1.82. The van der Waals surface area contributed by atoms with Gasteiger partial charge in [0.05, 0.1) is 18.2 Å². The van der Waals surface area contributed by atoms with Crippen molar-refractivity contribution in [3.63, 3.8) is 0 Å². The van der Waals surface area contributed by atoms with Gasteiger partial charge in [0.25, 0.3) is 0 Å². The first-order chi connectivity index (χ1) is 12.7. The first kappa shape index (κ1) is 19.5. The highest BCUT2D eigenvalue weighted by molar-refractivity contribution is 5.58. The number of aromatic nitrogens is 1. The minimum atomic E-state index is -1.10. The maximum absolute atomic E-state index is 13.5. The second kappa shape index (κ2) is 7.42. The number of pyridine rings is 1. The van der Waals surface area contributed by atoms with Crippen LogP contribution >= 0.6 is 0 Å². The third kappa shape index (κ3) is 3.63. The van der Waals surface area contributed by atoms with Crippen molar-refractivity contribution in [1.29, 1.82) is 0 Å². The molecule has 0 amide bonds. The lowest BCUT2D eigenvalue weighted by Crippen LogP contribution is -2.41. The average Bonchev–Trinajstić information content (AvgIpc) is 2.93. The van der Waals surface area contributed by atoms with Gasteiger partial charge in [-0.25, -0.2) is 9.37 Å². The number of hydrogen-bond donors (Lipinski definition) is 4. The molecule has 7 heteroatoms. The lowest BCUT2D eigenvalue weighted by Gasteiger charge is -2.30. The summed E-state index contributed by atoms with van der Waals surface area (Å²) in [6.07, 6.45) is -1.11. The van der Waals surface area contributed by atoms with Crippen LogP contribution in [0, 0.1) is 25.6 Å². The molecule has 3 rings (SSSR count). The van der Waals surface area contributed by atoms with Gasteiger partial charge in [-0.15, -0.1) is 0 Å². The van der Waals surface area contributed by atoms with Crippen LogP contribution in [0.15, 0.2) is 30.5 Å². The summed E-state index contributed by atoms with van der Waals surface area (Å²) in [5.74, 6) is -0.549. The number of benzene rings is 1. The number of nitrogen functional groups attached to an aromatic ring is 1. The van der Waals surface area contributed by atoms with Crippen LogP contribution in [0.1, 0.15) is 29.2 Å². The standard InChI is InChI=1S/C20H26FN3O3/c1-10-6-12(4-5-14(10)21)18(25)13-7-16(20(27)19(13)26)24(3)15-8-17(22)23-9-11(15)2/h4-6,8-9,13,16,18-20,25-27H,7H2,1-3H3,(H2,22,23)/t13-,16-,18-,19-,20+/m1/s1. The van der Waals surface area contributed by atoms with E-state index < -0.39 is 30.3 Å². The van der Waals surface area contributed by atoms with Crippen LogP contribution in [-0.4, -0.2) is 45.6 Å². The zero-order valence-corrected chi connectivity index (χ0v) is 15.7. The quantitative estimate of drug-likeness (QED) is 0.649. The van der Waals surface area contributed by atoms with Gasteiger partial charge in [-0.3, -0.25) is 0 Å². The summed E-state index contributed by atoms with van der Waals surface area (Å²) in [5.41, 5.74) is 8.44. The molecule has 1 aromatic carbocycles. The molecule has 0 radical (unpaired) electrons. The van der Waals surface area contributed by atoms with Crippen LogP contribution in [0.5, 0.6) is 0 Å². The fourth-order valence-electron chi connectivity index (χ4n) is 3.93. The largest absolute Gasteiger partial charge is 0.390 e. The second-order valence-electron chi connectivity index (χ2n) is 7.41. The van der Waals surface area contributed by atoms with E-state index in [4.69, 9.17) is 5.73 Å². The fourth-order valence-corrected chi connectivity index (χ4v) is 3.93. The Bertz CT molecular complexity index is 832. The maximum Gasteiger partial charge on any atom is 0.126 e. The minimum absolute atomic E-state index is 0.346. The highest BCUT2D eigenvalue weighted by Gasteiger charge is 2.46. The van der Waals surface area contributed by atoms with Crippen molar-refractivity contribution in [2.24, 2.45) is 5.92 Å². The number of anilines is 2. The van der Waals surface area contributed by atoms with Crippen LogP contribution < -0.4 is 10.6 Å². The number of aryl methyl sites for hydroxylation is 2. The van der Waals surface area contributed by atoms with Crippen molar-refractivity contribution >= 4 is 11.5 Å². The summed E-state index contributed by atoms with van der Waals surface area (Å²) < 4.78 is 13.5. The van der Waals surface area contributed by atoms with Gasteiger partial charge in [0.15, 0.2) is 0 Å². The maximum atomic E-state index is 13.5. The van der Waals surface area contributed by atoms with Crippen LogP contribution in [-0.2, 0) is 0 Å². The molecule has 1 heterocycles. The molecule has 1 aromatic heterocycles. The van der Waals surface area contributed by atoms with Gasteiger partial charge in [0.1, 0.15) is 17.7 Å². The number of rotatable bonds is 4. The van der Waals surface area contributed by atoms with E-state index in [1.54, 1.807) is 25.3 Å². The van der Waals surface area contributed by atoms with Crippen molar-refractivity contribution in [2.75, 3.05) is 17.7 Å². The molecule has 27 heavy (non-hydrogen) atoms. The number of hydrogen-bond acceptors (Lipinski definition) is 6. The van der Waals surface area contributed by atoms with E-state index in [1.165, 1.54) is 12.1 Å². The Labute approximate surface area is 158 Å². The highest BCUT2D eigenvalue weighted by atomic mass is 19.1. The van der Waals surface area contributed by atoms with Gasteiger partial charge in [-0.05, 0) is 43.0 Å². The van der Waals surface area contributed by atoms with Crippen LogP contribution in [0.4, 0.5) is 15.9 Å². The van der Waals surface area contributed by atoms with Crippen LogP contribution in [0.3, 0.4) is 0 Å². The molecule has 0 spiro atoms. The Morgan fingerprint density at radius 1 is 1.19 bits per heavy atom. The second-order valence-corrected chi connectivity index (χ2v) is 7.41. The zero-order valence-electron chi connectivity index (χ0n) is 15.7. The zero-order chi connectivity index (χ0) is 19.9. The molecule has 5 N–H and O–H groups in total. The van der Waals surface area contributed by atoms with E-state index in [-0.39, 0.29) is 5.82 Å². The van der Waals surface area contributed by atoms with Crippen molar-refractivity contribution < 1.29 is 19.7 Å². The summed E-state index contributed by atoms with van der Waals surface area (Å²) in [6, 6.07) is 5.71. The highest BCUT2D eigenvalue weighted by Crippen LogP contribution is 2.40. The summed E-state index contributed by atoms with van der Waals surface area (Å²) in [5, 5.41) is 31.9. The normalized spacial score (nSPS) is 26.2. The van der Waals surface area contributed by atoms with Crippen molar-refractivity contribution in [1.82, 2.24) is 4.98 Å². The van der Waals surface area contributed by atoms with Crippen molar-refractivity contribution in [3.05, 3.63) is 53.0 Å². The van der Waals surface area contributed by atoms with Crippen molar-refractivity contribution in [2.45, 2.75) is 44.6 Å². The number of nitrogens with zero attached hydrogens (tertiary/aromatic N) is 2. The molecule has 1 saturated carbocycles. The van der Waals surface area contributed by atoms with Crippen LogP contribution in [0.25, 0.3) is 0 Å². The Morgan fingerprint density at radius 2 is 1.89 bits per heavy atom. The van der Waals surface area contributed by atoms with Crippen LogP contribution in [0.2, 0.25) is 0 Å². The number of aliphatic hydroxyl groups is 3. The molecule has 1 aliphatic carbocycles. The Kier molecular flexibility index (Phi) is 5.37. The van der Waals surface area contributed by atoms with Gasteiger partial charge in [-0.1, -0.05) is 12.1 Å². The lowest BCUT2D eigenvalue weighted by atomic mass is 9.91. The number of nitrogens with two attached hydrogens (primary N) is 1. The molecule has 1 aliphatic rings. The van der Waals surface area contributed by atoms with E-state index in [0.29, 0.717) is 23.4 Å². The third-order valence-corrected chi connectivity index (χ3v) is 5.60. The Morgan fingerprint density at radius 3 is 2.56 bits per heavy atom. The molecular weight excluding hydrogens is 349 g/mol. The molecule has 2 aromatic rings. The van der Waals surface area contributed by atoms with Gasteiger partial charge >= 0.3 is 0 Å². The smallest absolute Gasteiger partial charge is 0.126 e. The van der Waals surface area contributed by atoms with Gasteiger partial charge in [-0.2, -0.15) is 0 Å². The molecule has 6 nitrogen and oxygen atoms in total. The Balaban J connectivity index is 1.84. The topological polar surface area (TPSA) is 103 Å². The number of halogens is 1. The molecule has 146 valence electrons. The van der Waals surface area contributed by atoms with E-state index in [1.807, 2.05) is 18.9 Å².